The first-order valence-electron chi connectivity index (χ1n) is 12.0. The van der Waals surface area contributed by atoms with E-state index in [9.17, 15) is 24.5 Å². The summed E-state index contributed by atoms with van der Waals surface area (Å²) in [6.07, 6.45) is 2.88. The average Bonchev–Trinajstić information content (AvgIpc) is 3.46. The molecular weight excluding hydrogens is 532 g/mol. The standard InChI is InChI=1S/C29H24N4O6S/c1-19-12-13-22(33(37)38)16-25(19)31-27(34)18-40-24-11-5-9-21(15-24)30-29(36)26(17-23-10-6-14-39-23)32-28(35)20-7-3-2-4-8-20/h2-17H,18H2,1H3,(H,30,36)(H,31,34)(H,32,35)/b26-17-. The van der Waals surface area contributed by atoms with Crippen LogP contribution in [0.3, 0.4) is 0 Å². The molecule has 4 rings (SSSR count). The summed E-state index contributed by atoms with van der Waals surface area (Å²) in [6, 6.07) is 23.0. The lowest BCUT2D eigenvalue weighted by Crippen LogP contribution is -2.30. The molecule has 4 aromatic rings. The van der Waals surface area contributed by atoms with Gasteiger partial charge in [0.2, 0.25) is 5.91 Å². The number of carbonyl (C=O) groups is 3. The van der Waals surface area contributed by atoms with Gasteiger partial charge in [0.15, 0.2) is 0 Å². The molecule has 0 aliphatic rings. The molecule has 10 nitrogen and oxygen atoms in total. The van der Waals surface area contributed by atoms with Crippen molar-refractivity contribution in [3.8, 4) is 0 Å². The molecule has 3 aromatic carbocycles. The zero-order chi connectivity index (χ0) is 28.5. The number of furan rings is 1. The summed E-state index contributed by atoms with van der Waals surface area (Å²) in [5.74, 6) is -0.941. The van der Waals surface area contributed by atoms with E-state index in [0.717, 1.165) is 0 Å². The number of anilines is 2. The Morgan fingerprint density at radius 3 is 2.48 bits per heavy atom. The van der Waals surface area contributed by atoms with Gasteiger partial charge >= 0.3 is 0 Å². The van der Waals surface area contributed by atoms with Crippen LogP contribution in [-0.4, -0.2) is 28.4 Å². The van der Waals surface area contributed by atoms with E-state index in [1.54, 1.807) is 79.7 Å². The molecule has 0 aliphatic carbocycles. The zero-order valence-corrected chi connectivity index (χ0v) is 22.1. The average molecular weight is 557 g/mol. The van der Waals surface area contributed by atoms with Gasteiger partial charge in [0.1, 0.15) is 11.5 Å². The van der Waals surface area contributed by atoms with Gasteiger partial charge in [-0.1, -0.05) is 30.3 Å². The molecular formula is C29H24N4O6S. The van der Waals surface area contributed by atoms with Crippen LogP contribution >= 0.6 is 11.8 Å². The van der Waals surface area contributed by atoms with Gasteiger partial charge in [-0.2, -0.15) is 0 Å². The number of carbonyl (C=O) groups excluding carboxylic acids is 3. The lowest BCUT2D eigenvalue weighted by Gasteiger charge is -2.12. The molecule has 0 radical (unpaired) electrons. The normalized spacial score (nSPS) is 11.0. The van der Waals surface area contributed by atoms with E-state index in [4.69, 9.17) is 4.42 Å². The Morgan fingerprint density at radius 2 is 1.75 bits per heavy atom. The number of nitro groups is 1. The van der Waals surface area contributed by atoms with Gasteiger partial charge in [0.25, 0.3) is 17.5 Å². The second kappa shape index (κ2) is 13.1. The summed E-state index contributed by atoms with van der Waals surface area (Å²) in [7, 11) is 0. The van der Waals surface area contributed by atoms with Crippen molar-refractivity contribution in [1.29, 1.82) is 0 Å². The van der Waals surface area contributed by atoms with Gasteiger partial charge in [-0.15, -0.1) is 11.8 Å². The highest BCUT2D eigenvalue weighted by atomic mass is 32.2. The van der Waals surface area contributed by atoms with Crippen LogP contribution in [0.5, 0.6) is 0 Å². The first-order chi connectivity index (χ1) is 19.3. The zero-order valence-electron chi connectivity index (χ0n) is 21.2. The molecule has 0 aliphatic heterocycles. The van der Waals surface area contributed by atoms with E-state index >= 15 is 0 Å². The summed E-state index contributed by atoms with van der Waals surface area (Å²) in [5.41, 5.74) is 1.77. The third kappa shape index (κ3) is 7.68. The van der Waals surface area contributed by atoms with E-state index < -0.39 is 16.7 Å². The fourth-order valence-corrected chi connectivity index (χ4v) is 4.27. The number of hydrogen-bond donors (Lipinski definition) is 3. The summed E-state index contributed by atoms with van der Waals surface area (Å²) >= 11 is 1.23. The molecule has 3 amide bonds. The fourth-order valence-electron chi connectivity index (χ4n) is 3.51. The maximum Gasteiger partial charge on any atom is 0.272 e. The fraction of sp³-hybridized carbons (Fsp3) is 0.0690. The molecule has 202 valence electrons. The quantitative estimate of drug-likeness (QED) is 0.0993. The highest BCUT2D eigenvalue weighted by Gasteiger charge is 2.16. The topological polar surface area (TPSA) is 144 Å². The summed E-state index contributed by atoms with van der Waals surface area (Å²) in [6.45, 7) is 1.75. The molecule has 11 heteroatoms. The highest BCUT2D eigenvalue weighted by molar-refractivity contribution is 8.00. The van der Waals surface area contributed by atoms with Crippen molar-refractivity contribution in [3.05, 3.63) is 124 Å². The molecule has 1 heterocycles. The van der Waals surface area contributed by atoms with Crippen LogP contribution in [0.15, 0.2) is 106 Å². The third-order valence-electron chi connectivity index (χ3n) is 5.53. The van der Waals surface area contributed by atoms with Gasteiger partial charge in [-0.3, -0.25) is 24.5 Å². The maximum atomic E-state index is 13.1. The van der Waals surface area contributed by atoms with Crippen molar-refractivity contribution < 1.29 is 23.7 Å². The van der Waals surface area contributed by atoms with Crippen LogP contribution in [0.4, 0.5) is 17.1 Å². The second-order valence-corrected chi connectivity index (χ2v) is 9.52. The molecule has 0 saturated carbocycles. The Kier molecular flexibility index (Phi) is 9.11. The van der Waals surface area contributed by atoms with E-state index in [-0.39, 0.29) is 23.0 Å². The van der Waals surface area contributed by atoms with Gasteiger partial charge in [-0.25, -0.2) is 0 Å². The summed E-state index contributed by atoms with van der Waals surface area (Å²) in [5, 5.41) is 19.1. The summed E-state index contributed by atoms with van der Waals surface area (Å²) < 4.78 is 5.31. The van der Waals surface area contributed by atoms with Crippen molar-refractivity contribution in [2.45, 2.75) is 11.8 Å². The molecule has 1 aromatic heterocycles. The lowest BCUT2D eigenvalue weighted by molar-refractivity contribution is -0.384. The first-order valence-corrected chi connectivity index (χ1v) is 13.0. The maximum absolute atomic E-state index is 13.1. The van der Waals surface area contributed by atoms with Crippen molar-refractivity contribution in [3.63, 3.8) is 0 Å². The van der Waals surface area contributed by atoms with Crippen LogP contribution < -0.4 is 16.0 Å². The largest absolute Gasteiger partial charge is 0.465 e. The minimum atomic E-state index is -0.568. The molecule has 0 saturated heterocycles. The Hall–Kier alpha value is -5.16. The Morgan fingerprint density at radius 1 is 0.950 bits per heavy atom. The third-order valence-corrected chi connectivity index (χ3v) is 6.52. The summed E-state index contributed by atoms with van der Waals surface area (Å²) in [4.78, 5) is 49.6. The van der Waals surface area contributed by atoms with E-state index in [1.807, 2.05) is 0 Å². The molecule has 40 heavy (non-hydrogen) atoms. The number of rotatable bonds is 10. The number of nitro benzene ring substituents is 1. The molecule has 0 atom stereocenters. The van der Waals surface area contributed by atoms with Crippen molar-refractivity contribution in [2.24, 2.45) is 0 Å². The number of non-ortho nitro benzene ring substituents is 1. The molecule has 0 unspecified atom stereocenters. The van der Waals surface area contributed by atoms with E-state index in [0.29, 0.717) is 33.2 Å². The van der Waals surface area contributed by atoms with Crippen molar-refractivity contribution in [2.75, 3.05) is 16.4 Å². The number of nitrogens with one attached hydrogen (secondary N) is 3. The number of nitrogens with zero attached hydrogens (tertiary/aromatic N) is 1. The number of benzene rings is 3. The predicted molar refractivity (Wildman–Crippen MR) is 153 cm³/mol. The van der Waals surface area contributed by atoms with Crippen molar-refractivity contribution >= 4 is 52.6 Å². The lowest BCUT2D eigenvalue weighted by atomic mass is 10.2. The Bertz CT molecular complexity index is 1570. The van der Waals surface area contributed by atoms with Crippen LogP contribution in [-0.2, 0) is 9.59 Å². The Balaban J connectivity index is 1.41. The van der Waals surface area contributed by atoms with Gasteiger partial charge < -0.3 is 20.4 Å². The number of aryl methyl sites for hydroxylation is 1. The first kappa shape index (κ1) is 27.9. The highest BCUT2D eigenvalue weighted by Crippen LogP contribution is 2.25. The van der Waals surface area contributed by atoms with Crippen LogP contribution in [0.25, 0.3) is 6.08 Å². The van der Waals surface area contributed by atoms with Gasteiger partial charge in [-0.05, 0) is 55.0 Å². The van der Waals surface area contributed by atoms with Crippen LogP contribution in [0.2, 0.25) is 0 Å². The van der Waals surface area contributed by atoms with E-state index in [1.165, 1.54) is 36.2 Å². The number of thioether (sulfide) groups is 1. The van der Waals surface area contributed by atoms with E-state index in [2.05, 4.69) is 16.0 Å². The SMILES string of the molecule is Cc1ccc([N+](=O)[O-])cc1NC(=O)CSc1cccc(NC(=O)/C(=C/c2ccco2)NC(=O)c2ccccc2)c1. The monoisotopic (exact) mass is 556 g/mol. The molecule has 0 fully saturated rings. The number of hydrogen-bond acceptors (Lipinski definition) is 7. The van der Waals surface area contributed by atoms with Crippen molar-refractivity contribution in [1.82, 2.24) is 5.32 Å². The molecule has 0 bridgehead atoms. The second-order valence-electron chi connectivity index (χ2n) is 8.47. The van der Waals surface area contributed by atoms with Gasteiger partial charge in [0.05, 0.1) is 22.6 Å². The molecule has 0 spiro atoms. The minimum absolute atomic E-state index is 0.0199. The molecule has 3 N–H and O–H groups in total. The smallest absolute Gasteiger partial charge is 0.272 e. The van der Waals surface area contributed by atoms with Crippen LogP contribution in [0.1, 0.15) is 21.7 Å². The van der Waals surface area contributed by atoms with Gasteiger partial charge in [0, 0.05) is 34.4 Å². The number of amides is 3. The minimum Gasteiger partial charge on any atom is -0.465 e. The Labute approximate surface area is 233 Å². The predicted octanol–water partition coefficient (Wildman–Crippen LogP) is 5.64. The van der Waals surface area contributed by atoms with Crippen LogP contribution in [0, 0.1) is 17.0 Å².